The summed E-state index contributed by atoms with van der Waals surface area (Å²) in [5, 5.41) is 2.61. The monoisotopic (exact) mass is 236 g/mol. The van der Waals surface area contributed by atoms with Crippen LogP contribution in [0.15, 0.2) is 18.3 Å². The topological polar surface area (TPSA) is 71.2 Å². The second-order valence-corrected chi connectivity index (χ2v) is 4.02. The van der Waals surface area contributed by atoms with E-state index >= 15 is 0 Å². The minimum Gasteiger partial charge on any atom is -0.359 e. The van der Waals surface area contributed by atoms with Gasteiger partial charge in [-0.15, -0.1) is 0 Å². The van der Waals surface area contributed by atoms with E-state index in [4.69, 9.17) is 5.73 Å². The average Bonchev–Trinajstić information content (AvgIpc) is 2.36. The van der Waals surface area contributed by atoms with Crippen LogP contribution in [0.3, 0.4) is 0 Å². The number of nitrogens with zero attached hydrogens (tertiary/aromatic N) is 2. The third kappa shape index (κ3) is 4.93. The molecule has 0 atom stereocenters. The molecule has 1 heterocycles. The number of aromatic nitrogens is 1. The first-order valence-electron chi connectivity index (χ1n) is 5.68. The van der Waals surface area contributed by atoms with Crippen molar-refractivity contribution in [2.75, 3.05) is 20.6 Å². The SMILES string of the molecule is CNC(=O)CCN(C)Cc1ccnc(CN)c1. The maximum atomic E-state index is 11.1. The van der Waals surface area contributed by atoms with Crippen molar-refractivity contribution in [2.24, 2.45) is 5.73 Å². The van der Waals surface area contributed by atoms with E-state index in [0.717, 1.165) is 18.8 Å². The largest absolute Gasteiger partial charge is 0.359 e. The highest BCUT2D eigenvalue weighted by atomic mass is 16.1. The maximum Gasteiger partial charge on any atom is 0.221 e. The Hall–Kier alpha value is -1.46. The summed E-state index contributed by atoms with van der Waals surface area (Å²) < 4.78 is 0. The number of hydrogen-bond donors (Lipinski definition) is 2. The van der Waals surface area contributed by atoms with Crippen molar-refractivity contribution in [3.63, 3.8) is 0 Å². The van der Waals surface area contributed by atoms with Crippen molar-refractivity contribution in [1.29, 1.82) is 0 Å². The maximum absolute atomic E-state index is 11.1. The van der Waals surface area contributed by atoms with E-state index in [-0.39, 0.29) is 5.91 Å². The van der Waals surface area contributed by atoms with Gasteiger partial charge in [0.15, 0.2) is 0 Å². The fourth-order valence-electron chi connectivity index (χ4n) is 1.55. The van der Waals surface area contributed by atoms with Crippen LogP contribution < -0.4 is 11.1 Å². The van der Waals surface area contributed by atoms with E-state index in [0.29, 0.717) is 13.0 Å². The molecule has 0 spiro atoms. The van der Waals surface area contributed by atoms with Crippen molar-refractivity contribution in [3.8, 4) is 0 Å². The number of nitrogens with one attached hydrogen (secondary N) is 1. The second kappa shape index (κ2) is 6.98. The number of amides is 1. The lowest BCUT2D eigenvalue weighted by Gasteiger charge is -2.16. The molecule has 5 nitrogen and oxygen atoms in total. The number of carbonyl (C=O) groups excluding carboxylic acids is 1. The summed E-state index contributed by atoms with van der Waals surface area (Å²) >= 11 is 0. The van der Waals surface area contributed by atoms with Crippen LogP contribution in [0.1, 0.15) is 17.7 Å². The number of hydrogen-bond acceptors (Lipinski definition) is 4. The molecule has 0 radical (unpaired) electrons. The second-order valence-electron chi connectivity index (χ2n) is 4.02. The van der Waals surface area contributed by atoms with Gasteiger partial charge in [0.25, 0.3) is 0 Å². The van der Waals surface area contributed by atoms with Crippen LogP contribution in [0.2, 0.25) is 0 Å². The molecule has 0 saturated heterocycles. The molecule has 1 aromatic rings. The van der Waals surface area contributed by atoms with Gasteiger partial charge in [0.2, 0.25) is 5.91 Å². The first-order chi connectivity index (χ1) is 8.15. The molecule has 17 heavy (non-hydrogen) atoms. The van der Waals surface area contributed by atoms with E-state index in [1.54, 1.807) is 13.2 Å². The van der Waals surface area contributed by atoms with Crippen LogP contribution in [0, 0.1) is 0 Å². The highest BCUT2D eigenvalue weighted by Gasteiger charge is 2.04. The van der Waals surface area contributed by atoms with Gasteiger partial charge in [-0.2, -0.15) is 0 Å². The molecule has 94 valence electrons. The van der Waals surface area contributed by atoms with Crippen molar-refractivity contribution in [1.82, 2.24) is 15.2 Å². The Balaban J connectivity index is 2.44. The summed E-state index contributed by atoms with van der Waals surface area (Å²) in [6.07, 6.45) is 2.28. The third-order valence-electron chi connectivity index (χ3n) is 2.54. The molecule has 5 heteroatoms. The highest BCUT2D eigenvalue weighted by Crippen LogP contribution is 2.04. The Kier molecular flexibility index (Phi) is 5.59. The zero-order chi connectivity index (χ0) is 12.7. The number of rotatable bonds is 6. The first-order valence-corrected chi connectivity index (χ1v) is 5.68. The summed E-state index contributed by atoms with van der Waals surface area (Å²) in [6.45, 7) is 1.99. The molecular weight excluding hydrogens is 216 g/mol. The Morgan fingerprint density at radius 3 is 3.00 bits per heavy atom. The predicted octanol–water partition coefficient (Wildman–Crippen LogP) is 0.108. The number of nitrogens with two attached hydrogens (primary N) is 1. The van der Waals surface area contributed by atoms with Crippen LogP contribution in [0.4, 0.5) is 0 Å². The van der Waals surface area contributed by atoms with E-state index in [9.17, 15) is 4.79 Å². The fraction of sp³-hybridized carbons (Fsp3) is 0.500. The molecular formula is C12H20N4O. The zero-order valence-electron chi connectivity index (χ0n) is 10.4. The van der Waals surface area contributed by atoms with Gasteiger partial charge in [0.05, 0.1) is 5.69 Å². The molecule has 0 saturated carbocycles. The zero-order valence-corrected chi connectivity index (χ0v) is 10.4. The van der Waals surface area contributed by atoms with E-state index in [1.165, 1.54) is 5.56 Å². The predicted molar refractivity (Wildman–Crippen MR) is 67.1 cm³/mol. The molecule has 0 aromatic carbocycles. The molecule has 0 unspecified atom stereocenters. The minimum atomic E-state index is 0.0641. The lowest BCUT2D eigenvalue weighted by atomic mass is 10.2. The summed E-state index contributed by atoms with van der Waals surface area (Å²) in [5.41, 5.74) is 7.59. The lowest BCUT2D eigenvalue weighted by molar-refractivity contribution is -0.120. The average molecular weight is 236 g/mol. The highest BCUT2D eigenvalue weighted by molar-refractivity contribution is 5.75. The molecule has 0 aliphatic carbocycles. The van der Waals surface area contributed by atoms with Crippen LogP contribution in [0.25, 0.3) is 0 Å². The van der Waals surface area contributed by atoms with Gasteiger partial charge in [-0.3, -0.25) is 9.78 Å². The molecule has 0 fully saturated rings. The molecule has 1 amide bonds. The fourth-order valence-corrected chi connectivity index (χ4v) is 1.55. The minimum absolute atomic E-state index is 0.0641. The molecule has 1 aromatic heterocycles. The van der Waals surface area contributed by atoms with Crippen molar-refractivity contribution in [2.45, 2.75) is 19.5 Å². The van der Waals surface area contributed by atoms with Gasteiger partial charge in [0, 0.05) is 39.3 Å². The lowest BCUT2D eigenvalue weighted by Crippen LogP contribution is -2.26. The van der Waals surface area contributed by atoms with E-state index in [2.05, 4.69) is 15.2 Å². The summed E-state index contributed by atoms with van der Waals surface area (Å²) in [6, 6.07) is 3.96. The normalized spacial score (nSPS) is 10.6. The quantitative estimate of drug-likeness (QED) is 0.735. The number of carbonyl (C=O) groups is 1. The molecule has 0 aliphatic rings. The Morgan fingerprint density at radius 2 is 2.35 bits per heavy atom. The van der Waals surface area contributed by atoms with Gasteiger partial charge in [0.1, 0.15) is 0 Å². The van der Waals surface area contributed by atoms with Gasteiger partial charge in [-0.1, -0.05) is 0 Å². The van der Waals surface area contributed by atoms with Gasteiger partial charge >= 0.3 is 0 Å². The van der Waals surface area contributed by atoms with Gasteiger partial charge in [-0.05, 0) is 24.7 Å². The Bertz CT molecular complexity index is 367. The summed E-state index contributed by atoms with van der Waals surface area (Å²) in [7, 11) is 3.64. The molecule has 1 rings (SSSR count). The summed E-state index contributed by atoms with van der Waals surface area (Å²) in [5.74, 6) is 0.0641. The van der Waals surface area contributed by atoms with Crippen molar-refractivity contribution in [3.05, 3.63) is 29.6 Å². The van der Waals surface area contributed by atoms with Gasteiger partial charge in [-0.25, -0.2) is 0 Å². The van der Waals surface area contributed by atoms with Crippen LogP contribution in [-0.2, 0) is 17.9 Å². The third-order valence-corrected chi connectivity index (χ3v) is 2.54. The Labute approximate surface area is 102 Å². The first kappa shape index (κ1) is 13.6. The molecule has 0 aliphatic heterocycles. The van der Waals surface area contributed by atoms with Gasteiger partial charge < -0.3 is 16.0 Å². The van der Waals surface area contributed by atoms with Crippen LogP contribution in [-0.4, -0.2) is 36.4 Å². The van der Waals surface area contributed by atoms with Crippen LogP contribution in [0.5, 0.6) is 0 Å². The summed E-state index contributed by atoms with van der Waals surface area (Å²) in [4.78, 5) is 17.4. The van der Waals surface area contributed by atoms with Crippen molar-refractivity contribution >= 4 is 5.91 Å². The Morgan fingerprint density at radius 1 is 1.59 bits per heavy atom. The standard InChI is InChI=1S/C12H20N4O/c1-14-12(17)4-6-16(2)9-10-3-5-15-11(7-10)8-13/h3,5,7H,4,6,8-9,13H2,1-2H3,(H,14,17). The van der Waals surface area contributed by atoms with E-state index < -0.39 is 0 Å². The molecule has 0 bridgehead atoms. The smallest absolute Gasteiger partial charge is 0.221 e. The molecule has 3 N–H and O–H groups in total. The number of pyridine rings is 1. The van der Waals surface area contributed by atoms with Crippen LogP contribution >= 0.6 is 0 Å². The van der Waals surface area contributed by atoms with E-state index in [1.807, 2.05) is 19.2 Å². The van der Waals surface area contributed by atoms with Crippen molar-refractivity contribution < 1.29 is 4.79 Å².